The molecule has 0 aliphatic heterocycles. The molecule has 0 aliphatic carbocycles. The van der Waals surface area contributed by atoms with Crippen LogP contribution in [0.1, 0.15) is 5.56 Å². The number of hydrogen-bond acceptors (Lipinski definition) is 3. The van der Waals surface area contributed by atoms with E-state index in [2.05, 4.69) is 10.6 Å². The number of para-hydroxylation sites is 1. The molecule has 0 aliphatic rings. The van der Waals surface area contributed by atoms with Gasteiger partial charge in [0.25, 0.3) is 0 Å². The standard InChI is InChI=1S/C20H18N2O2S/c1-15-10-12-19(13-11-15)25-24-18-9-5-8-17(14-18)22-20(23)21-16-6-3-2-4-7-16/h2-14H,1H3,(H2,21,22,23). The Bertz CT molecular complexity index is 836. The van der Waals surface area contributed by atoms with E-state index >= 15 is 0 Å². The molecule has 0 fully saturated rings. The van der Waals surface area contributed by atoms with Gasteiger partial charge in [0.2, 0.25) is 0 Å². The van der Waals surface area contributed by atoms with Gasteiger partial charge in [0.05, 0.1) is 12.0 Å². The molecule has 2 amide bonds. The van der Waals surface area contributed by atoms with E-state index in [4.69, 9.17) is 4.18 Å². The average Bonchev–Trinajstić information content (AvgIpc) is 2.62. The number of rotatable bonds is 5. The highest BCUT2D eigenvalue weighted by Gasteiger charge is 2.04. The van der Waals surface area contributed by atoms with Gasteiger partial charge in [-0.25, -0.2) is 4.79 Å². The van der Waals surface area contributed by atoms with Gasteiger partial charge in [-0.15, -0.1) is 0 Å². The molecule has 2 N–H and O–H groups in total. The number of benzene rings is 3. The highest BCUT2D eigenvalue weighted by atomic mass is 32.2. The highest BCUT2D eigenvalue weighted by Crippen LogP contribution is 2.26. The predicted octanol–water partition coefficient (Wildman–Crippen LogP) is 5.73. The number of anilines is 2. The molecular formula is C20H18N2O2S. The van der Waals surface area contributed by atoms with Crippen molar-refractivity contribution >= 4 is 29.4 Å². The number of hydrogen-bond donors (Lipinski definition) is 2. The second kappa shape index (κ2) is 8.26. The molecule has 0 atom stereocenters. The zero-order chi connectivity index (χ0) is 17.5. The van der Waals surface area contributed by atoms with Gasteiger partial charge in [0.1, 0.15) is 5.75 Å². The van der Waals surface area contributed by atoms with Crippen LogP contribution >= 0.6 is 12.0 Å². The summed E-state index contributed by atoms with van der Waals surface area (Å²) in [6.45, 7) is 2.05. The molecule has 25 heavy (non-hydrogen) atoms. The van der Waals surface area contributed by atoms with Crippen LogP contribution < -0.4 is 14.8 Å². The van der Waals surface area contributed by atoms with Crippen molar-refractivity contribution in [3.05, 3.63) is 84.4 Å². The van der Waals surface area contributed by atoms with E-state index in [1.54, 1.807) is 6.07 Å². The topological polar surface area (TPSA) is 50.4 Å². The quantitative estimate of drug-likeness (QED) is 0.578. The van der Waals surface area contributed by atoms with E-state index in [0.29, 0.717) is 11.4 Å². The average molecular weight is 350 g/mol. The third-order valence-corrected chi connectivity index (χ3v) is 4.12. The highest BCUT2D eigenvalue weighted by molar-refractivity contribution is 7.95. The Balaban J connectivity index is 1.57. The van der Waals surface area contributed by atoms with Gasteiger partial charge < -0.3 is 14.8 Å². The Morgan fingerprint density at radius 2 is 1.52 bits per heavy atom. The van der Waals surface area contributed by atoms with Crippen LogP contribution in [-0.2, 0) is 0 Å². The predicted molar refractivity (Wildman–Crippen MR) is 103 cm³/mol. The number of amides is 2. The maximum Gasteiger partial charge on any atom is 0.323 e. The molecule has 5 heteroatoms. The summed E-state index contributed by atoms with van der Waals surface area (Å²) in [5.41, 5.74) is 2.61. The van der Waals surface area contributed by atoms with Crippen molar-refractivity contribution < 1.29 is 8.98 Å². The fraction of sp³-hybridized carbons (Fsp3) is 0.0500. The second-order valence-corrected chi connectivity index (χ2v) is 6.26. The molecule has 0 bridgehead atoms. The number of urea groups is 1. The molecule has 4 nitrogen and oxygen atoms in total. The molecule has 0 saturated heterocycles. The maximum absolute atomic E-state index is 12.0. The molecule has 0 heterocycles. The Hall–Kier alpha value is -2.92. The largest absolute Gasteiger partial charge is 0.421 e. The van der Waals surface area contributed by atoms with Gasteiger partial charge in [0.15, 0.2) is 0 Å². The zero-order valence-electron chi connectivity index (χ0n) is 13.7. The van der Waals surface area contributed by atoms with Gasteiger partial charge >= 0.3 is 6.03 Å². The van der Waals surface area contributed by atoms with Crippen molar-refractivity contribution in [3.63, 3.8) is 0 Å². The van der Waals surface area contributed by atoms with Gasteiger partial charge in [-0.3, -0.25) is 0 Å². The smallest absolute Gasteiger partial charge is 0.323 e. The van der Waals surface area contributed by atoms with Crippen LogP contribution in [0.3, 0.4) is 0 Å². The van der Waals surface area contributed by atoms with E-state index < -0.39 is 0 Å². The Kier molecular flexibility index (Phi) is 5.59. The van der Waals surface area contributed by atoms with Crippen LogP contribution in [0.5, 0.6) is 5.75 Å². The van der Waals surface area contributed by atoms with Crippen LogP contribution in [0.2, 0.25) is 0 Å². The third-order valence-electron chi connectivity index (χ3n) is 3.38. The summed E-state index contributed by atoms with van der Waals surface area (Å²) in [5, 5.41) is 5.57. The molecule has 0 radical (unpaired) electrons. The minimum Gasteiger partial charge on any atom is -0.421 e. The zero-order valence-corrected chi connectivity index (χ0v) is 14.5. The van der Waals surface area contributed by atoms with Crippen molar-refractivity contribution in [3.8, 4) is 5.75 Å². The van der Waals surface area contributed by atoms with Crippen molar-refractivity contribution in [2.75, 3.05) is 10.6 Å². The maximum atomic E-state index is 12.0. The summed E-state index contributed by atoms with van der Waals surface area (Å²) in [5.74, 6) is 0.670. The van der Waals surface area contributed by atoms with Crippen molar-refractivity contribution in [1.29, 1.82) is 0 Å². The van der Waals surface area contributed by atoms with E-state index in [1.165, 1.54) is 17.6 Å². The van der Waals surface area contributed by atoms with E-state index in [-0.39, 0.29) is 6.03 Å². The van der Waals surface area contributed by atoms with Crippen LogP contribution in [-0.4, -0.2) is 6.03 Å². The first-order chi connectivity index (χ1) is 12.2. The second-order valence-electron chi connectivity index (χ2n) is 5.45. The lowest BCUT2D eigenvalue weighted by molar-refractivity contribution is 0.262. The van der Waals surface area contributed by atoms with Gasteiger partial charge in [-0.1, -0.05) is 42.0 Å². The number of carbonyl (C=O) groups excluding carboxylic acids is 1. The molecule has 0 spiro atoms. The lowest BCUT2D eigenvalue weighted by Crippen LogP contribution is -2.19. The van der Waals surface area contributed by atoms with Crippen molar-refractivity contribution in [1.82, 2.24) is 0 Å². The molecule has 126 valence electrons. The van der Waals surface area contributed by atoms with E-state index in [1.807, 2.05) is 79.7 Å². The Morgan fingerprint density at radius 1 is 0.840 bits per heavy atom. The summed E-state index contributed by atoms with van der Waals surface area (Å²) in [7, 11) is 0. The van der Waals surface area contributed by atoms with Gasteiger partial charge in [-0.2, -0.15) is 0 Å². The first kappa shape index (κ1) is 16.9. The SMILES string of the molecule is Cc1ccc(SOc2cccc(NC(=O)Nc3ccccc3)c2)cc1. The number of nitrogens with one attached hydrogen (secondary N) is 2. The first-order valence-corrected chi connectivity index (χ1v) is 8.57. The third kappa shape index (κ3) is 5.29. The van der Waals surface area contributed by atoms with Gasteiger partial charge in [0, 0.05) is 22.3 Å². The van der Waals surface area contributed by atoms with Crippen LogP contribution in [0.4, 0.5) is 16.2 Å². The van der Waals surface area contributed by atoms with Gasteiger partial charge in [-0.05, 0) is 43.3 Å². The molecule has 0 saturated carbocycles. The minimum atomic E-state index is -0.297. The molecule has 3 aromatic carbocycles. The monoisotopic (exact) mass is 350 g/mol. The molecule has 0 aromatic heterocycles. The summed E-state index contributed by atoms with van der Waals surface area (Å²) in [4.78, 5) is 13.1. The fourth-order valence-corrected chi connectivity index (χ4v) is 2.67. The fourth-order valence-electron chi connectivity index (χ4n) is 2.13. The summed E-state index contributed by atoms with van der Waals surface area (Å²) in [6.07, 6.45) is 0. The lowest BCUT2D eigenvalue weighted by atomic mass is 10.2. The van der Waals surface area contributed by atoms with Crippen molar-refractivity contribution in [2.45, 2.75) is 11.8 Å². The normalized spacial score (nSPS) is 10.1. The Morgan fingerprint density at radius 3 is 2.28 bits per heavy atom. The number of aryl methyl sites for hydroxylation is 1. The number of carbonyl (C=O) groups is 1. The van der Waals surface area contributed by atoms with E-state index in [0.717, 1.165) is 10.6 Å². The first-order valence-electron chi connectivity index (χ1n) is 7.83. The molecule has 0 unspecified atom stereocenters. The Labute approximate surface area is 151 Å². The van der Waals surface area contributed by atoms with Crippen LogP contribution in [0.25, 0.3) is 0 Å². The molecule has 3 aromatic rings. The lowest BCUT2D eigenvalue weighted by Gasteiger charge is -2.09. The summed E-state index contributed by atoms with van der Waals surface area (Å²) >= 11 is 1.28. The summed E-state index contributed by atoms with van der Waals surface area (Å²) in [6, 6.07) is 24.4. The van der Waals surface area contributed by atoms with Crippen LogP contribution in [0, 0.1) is 6.92 Å². The summed E-state index contributed by atoms with van der Waals surface area (Å²) < 4.78 is 5.72. The van der Waals surface area contributed by atoms with Crippen molar-refractivity contribution in [2.24, 2.45) is 0 Å². The van der Waals surface area contributed by atoms with Crippen LogP contribution in [0.15, 0.2) is 83.8 Å². The molecule has 3 rings (SSSR count). The molecular weight excluding hydrogens is 332 g/mol. The van der Waals surface area contributed by atoms with E-state index in [9.17, 15) is 4.79 Å². The minimum absolute atomic E-state index is 0.297.